The zero-order valence-corrected chi connectivity index (χ0v) is 17.8. The molecule has 1 aromatic heterocycles. The van der Waals surface area contributed by atoms with Gasteiger partial charge in [-0.15, -0.1) is 0 Å². The average Bonchev–Trinajstić information content (AvgIpc) is 2.74. The molecule has 2 heterocycles. The summed E-state index contributed by atoms with van der Waals surface area (Å²) in [5, 5.41) is 1.14. The van der Waals surface area contributed by atoms with Gasteiger partial charge in [0.05, 0.1) is 10.4 Å². The first kappa shape index (κ1) is 20.0. The fraction of sp³-hybridized carbons (Fsp3) is 0.348. The van der Waals surface area contributed by atoms with Gasteiger partial charge < -0.3 is 0 Å². The summed E-state index contributed by atoms with van der Waals surface area (Å²) in [5.74, 6) is 0.388. The summed E-state index contributed by atoms with van der Waals surface area (Å²) >= 11 is 0. The molecule has 0 radical (unpaired) electrons. The van der Waals surface area contributed by atoms with Gasteiger partial charge in [-0.25, -0.2) is 8.42 Å². The van der Waals surface area contributed by atoms with Crippen molar-refractivity contribution in [2.24, 2.45) is 0 Å². The molecule has 6 heteroatoms. The van der Waals surface area contributed by atoms with Crippen molar-refractivity contribution in [3.8, 4) is 0 Å². The number of pyridine rings is 1. The van der Waals surface area contributed by atoms with E-state index < -0.39 is 10.0 Å². The van der Waals surface area contributed by atoms with E-state index in [-0.39, 0.29) is 0 Å². The first-order chi connectivity index (χ1) is 13.9. The minimum atomic E-state index is -3.44. The second-order valence-corrected chi connectivity index (χ2v) is 9.83. The molecule has 4 rings (SSSR count). The van der Waals surface area contributed by atoms with Crippen molar-refractivity contribution in [3.63, 3.8) is 0 Å². The topological polar surface area (TPSA) is 53.5 Å². The van der Waals surface area contributed by atoms with Gasteiger partial charge in [-0.3, -0.25) is 9.88 Å². The van der Waals surface area contributed by atoms with Crippen LogP contribution in [0.25, 0.3) is 10.9 Å². The summed E-state index contributed by atoms with van der Waals surface area (Å²) in [6.45, 7) is 7.44. The standard InChI is InChI=1S/C23H27N3O2S/c1-18(2)19-8-10-22(11-9-19)29(27,28)26-15-13-25(14-16-26)17-21-6-3-5-20-7-4-12-24-23(20)21/h3-12,18H,13-17H2,1-2H3. The lowest BCUT2D eigenvalue weighted by Gasteiger charge is -2.34. The largest absolute Gasteiger partial charge is 0.296 e. The number of hydrogen-bond donors (Lipinski definition) is 0. The van der Waals surface area contributed by atoms with Crippen LogP contribution in [-0.2, 0) is 16.6 Å². The number of aromatic nitrogens is 1. The molecule has 0 atom stereocenters. The van der Waals surface area contributed by atoms with Gasteiger partial charge in [0.1, 0.15) is 0 Å². The number of rotatable bonds is 5. The van der Waals surface area contributed by atoms with Crippen molar-refractivity contribution in [1.82, 2.24) is 14.2 Å². The van der Waals surface area contributed by atoms with Gasteiger partial charge in [-0.1, -0.05) is 50.2 Å². The van der Waals surface area contributed by atoms with E-state index in [0.717, 1.165) is 23.0 Å². The van der Waals surface area contributed by atoms with Crippen LogP contribution in [0.5, 0.6) is 0 Å². The lowest BCUT2D eigenvalue weighted by molar-refractivity contribution is 0.182. The highest BCUT2D eigenvalue weighted by atomic mass is 32.2. The summed E-state index contributed by atoms with van der Waals surface area (Å²) in [7, 11) is -3.44. The quantitative estimate of drug-likeness (QED) is 0.642. The fourth-order valence-corrected chi connectivity index (χ4v) is 5.26. The van der Waals surface area contributed by atoms with Gasteiger partial charge in [0.2, 0.25) is 10.0 Å². The lowest BCUT2D eigenvalue weighted by Crippen LogP contribution is -2.48. The van der Waals surface area contributed by atoms with Crippen LogP contribution in [0.4, 0.5) is 0 Å². The van der Waals surface area contributed by atoms with E-state index >= 15 is 0 Å². The molecule has 1 aliphatic rings. The highest BCUT2D eigenvalue weighted by molar-refractivity contribution is 7.89. The first-order valence-electron chi connectivity index (χ1n) is 10.1. The molecule has 1 saturated heterocycles. The number of benzene rings is 2. The molecule has 5 nitrogen and oxygen atoms in total. The van der Waals surface area contributed by atoms with Gasteiger partial charge in [-0.05, 0) is 35.2 Å². The average molecular weight is 410 g/mol. The van der Waals surface area contributed by atoms with Crippen molar-refractivity contribution in [3.05, 3.63) is 71.9 Å². The number of nitrogens with zero attached hydrogens (tertiary/aromatic N) is 3. The van der Waals surface area contributed by atoms with E-state index in [4.69, 9.17) is 0 Å². The summed E-state index contributed by atoms with van der Waals surface area (Å²) in [6, 6.07) is 17.6. The predicted octanol–water partition coefficient (Wildman–Crippen LogP) is 3.86. The highest BCUT2D eigenvalue weighted by Gasteiger charge is 2.28. The maximum Gasteiger partial charge on any atom is 0.243 e. The minimum absolute atomic E-state index is 0.383. The number of hydrogen-bond acceptors (Lipinski definition) is 4. The molecule has 0 N–H and O–H groups in total. The van der Waals surface area contributed by atoms with Crippen LogP contribution in [0.2, 0.25) is 0 Å². The Kier molecular flexibility index (Phi) is 5.67. The molecule has 0 aliphatic carbocycles. The molecular formula is C23H27N3O2S. The third-order valence-corrected chi connectivity index (χ3v) is 7.54. The van der Waals surface area contributed by atoms with Gasteiger partial charge in [-0.2, -0.15) is 4.31 Å². The zero-order chi connectivity index (χ0) is 20.4. The Morgan fingerprint density at radius 3 is 2.31 bits per heavy atom. The monoisotopic (exact) mass is 409 g/mol. The molecule has 0 unspecified atom stereocenters. The van der Waals surface area contributed by atoms with E-state index in [1.807, 2.05) is 24.4 Å². The van der Waals surface area contributed by atoms with Crippen molar-refractivity contribution in [2.75, 3.05) is 26.2 Å². The maximum atomic E-state index is 13.0. The van der Waals surface area contributed by atoms with Crippen molar-refractivity contribution < 1.29 is 8.42 Å². The molecule has 2 aromatic carbocycles. The highest BCUT2D eigenvalue weighted by Crippen LogP contribution is 2.23. The second kappa shape index (κ2) is 8.22. The molecule has 152 valence electrons. The van der Waals surface area contributed by atoms with E-state index in [2.05, 4.69) is 48.0 Å². The van der Waals surface area contributed by atoms with Gasteiger partial charge >= 0.3 is 0 Å². The maximum absolute atomic E-state index is 13.0. The first-order valence-corrected chi connectivity index (χ1v) is 11.5. The third kappa shape index (κ3) is 4.20. The van der Waals surface area contributed by atoms with Crippen LogP contribution >= 0.6 is 0 Å². The van der Waals surface area contributed by atoms with Crippen molar-refractivity contribution >= 4 is 20.9 Å². The number of fused-ring (bicyclic) bond motifs is 1. The van der Waals surface area contributed by atoms with E-state index in [9.17, 15) is 8.42 Å². The Bertz CT molecular complexity index is 1080. The lowest BCUT2D eigenvalue weighted by atomic mass is 10.0. The molecule has 1 aliphatic heterocycles. The Hall–Kier alpha value is -2.28. The van der Waals surface area contributed by atoms with Gasteiger partial charge in [0, 0.05) is 44.3 Å². The van der Waals surface area contributed by atoms with Crippen molar-refractivity contribution in [2.45, 2.75) is 31.2 Å². The summed E-state index contributed by atoms with van der Waals surface area (Å²) in [5.41, 5.74) is 3.36. The number of para-hydroxylation sites is 1. The molecule has 3 aromatic rings. The van der Waals surface area contributed by atoms with E-state index in [0.29, 0.717) is 37.0 Å². The SMILES string of the molecule is CC(C)c1ccc(S(=O)(=O)N2CCN(Cc3cccc4cccnc34)CC2)cc1. The number of sulfonamides is 1. The third-order valence-electron chi connectivity index (χ3n) is 5.63. The molecule has 29 heavy (non-hydrogen) atoms. The Morgan fingerprint density at radius 2 is 1.62 bits per heavy atom. The molecule has 0 saturated carbocycles. The summed E-state index contributed by atoms with van der Waals surface area (Å²) in [6.07, 6.45) is 1.82. The minimum Gasteiger partial charge on any atom is -0.296 e. The Morgan fingerprint density at radius 1 is 0.931 bits per heavy atom. The Labute approximate surface area is 173 Å². The molecule has 0 spiro atoms. The van der Waals surface area contributed by atoms with Crippen LogP contribution < -0.4 is 0 Å². The number of piperazine rings is 1. The second-order valence-electron chi connectivity index (χ2n) is 7.90. The van der Waals surface area contributed by atoms with E-state index in [1.165, 1.54) is 5.56 Å². The predicted molar refractivity (Wildman–Crippen MR) is 116 cm³/mol. The smallest absolute Gasteiger partial charge is 0.243 e. The fourth-order valence-electron chi connectivity index (χ4n) is 3.84. The molecule has 0 bridgehead atoms. The Balaban J connectivity index is 1.43. The zero-order valence-electron chi connectivity index (χ0n) is 17.0. The van der Waals surface area contributed by atoms with Crippen LogP contribution in [-0.4, -0.2) is 48.8 Å². The van der Waals surface area contributed by atoms with Gasteiger partial charge in [0.15, 0.2) is 0 Å². The normalized spacial score (nSPS) is 16.5. The van der Waals surface area contributed by atoms with Gasteiger partial charge in [0.25, 0.3) is 0 Å². The van der Waals surface area contributed by atoms with Crippen LogP contribution in [0, 0.1) is 0 Å². The summed E-state index contributed by atoms with van der Waals surface area (Å²) in [4.78, 5) is 7.21. The van der Waals surface area contributed by atoms with Crippen molar-refractivity contribution in [1.29, 1.82) is 0 Å². The van der Waals surface area contributed by atoms with Crippen LogP contribution in [0.1, 0.15) is 30.9 Å². The van der Waals surface area contributed by atoms with Crippen LogP contribution in [0.3, 0.4) is 0 Å². The van der Waals surface area contributed by atoms with Crippen LogP contribution in [0.15, 0.2) is 65.7 Å². The molecule has 1 fully saturated rings. The molecule has 0 amide bonds. The molecular weight excluding hydrogens is 382 g/mol. The van der Waals surface area contributed by atoms with E-state index in [1.54, 1.807) is 16.4 Å². The summed E-state index contributed by atoms with van der Waals surface area (Å²) < 4.78 is 27.6.